The lowest BCUT2D eigenvalue weighted by atomic mass is 9.97. The lowest BCUT2D eigenvalue weighted by Crippen LogP contribution is -2.38. The van der Waals surface area contributed by atoms with Crippen molar-refractivity contribution < 1.29 is 18.3 Å². The van der Waals surface area contributed by atoms with Crippen molar-refractivity contribution in [1.82, 2.24) is 0 Å². The van der Waals surface area contributed by atoms with E-state index in [-0.39, 0.29) is 27.9 Å². The molecule has 22 heavy (non-hydrogen) atoms. The monoisotopic (exact) mass is 324 g/mol. The molecule has 0 aliphatic carbocycles. The van der Waals surface area contributed by atoms with Crippen LogP contribution in [0.4, 0.5) is 8.78 Å². The Balaban J connectivity index is 0. The van der Waals surface area contributed by atoms with Gasteiger partial charge in [0, 0.05) is 63.6 Å². The molecule has 8 heteroatoms. The maximum Gasteiger partial charge on any atom is 0.127 e. The Labute approximate surface area is 132 Å². The van der Waals surface area contributed by atoms with E-state index in [0.717, 1.165) is 0 Å². The molecule has 0 radical (unpaired) electrons. The number of azide groups is 1. The highest BCUT2D eigenvalue weighted by molar-refractivity contribution is 4.84. The third-order valence-electron chi connectivity index (χ3n) is 3.56. The molecule has 2 aliphatic heterocycles. The standard InChI is InChI=1S/C6H10FN3O.C6H12FNO.2CH4/c7-6(5-9-10-8)1-3-11-4-2-6;7-6(5-8)1-3-9-4-2-6;;/h1-5H2;1-5,8H2;2*1H4. The fourth-order valence-electron chi connectivity index (χ4n) is 2.00. The summed E-state index contributed by atoms with van der Waals surface area (Å²) >= 11 is 0. The minimum absolute atomic E-state index is 0. The first-order valence-corrected chi connectivity index (χ1v) is 6.78. The first kappa shape index (κ1) is 23.3. The third kappa shape index (κ3) is 8.48. The van der Waals surface area contributed by atoms with Crippen molar-refractivity contribution in [3.63, 3.8) is 0 Å². The molecule has 2 heterocycles. The Bertz CT molecular complexity index is 327. The van der Waals surface area contributed by atoms with E-state index in [1.54, 1.807) is 0 Å². The first-order chi connectivity index (χ1) is 9.54. The Morgan fingerprint density at radius 3 is 1.68 bits per heavy atom. The average molecular weight is 324 g/mol. The van der Waals surface area contributed by atoms with Gasteiger partial charge in [0.15, 0.2) is 0 Å². The van der Waals surface area contributed by atoms with Gasteiger partial charge in [-0.05, 0) is 5.53 Å². The van der Waals surface area contributed by atoms with E-state index >= 15 is 0 Å². The lowest BCUT2D eigenvalue weighted by molar-refractivity contribution is -0.00366. The van der Waals surface area contributed by atoms with Crippen LogP contribution in [0.1, 0.15) is 40.5 Å². The Kier molecular flexibility index (Phi) is 12.3. The summed E-state index contributed by atoms with van der Waals surface area (Å²) in [5, 5.41) is 3.22. The number of alkyl halides is 2. The Morgan fingerprint density at radius 2 is 1.36 bits per heavy atom. The largest absolute Gasteiger partial charge is 0.381 e. The van der Waals surface area contributed by atoms with Crippen molar-refractivity contribution in [2.75, 3.05) is 39.5 Å². The van der Waals surface area contributed by atoms with Crippen LogP contribution in [0.25, 0.3) is 10.4 Å². The van der Waals surface area contributed by atoms with Crippen molar-refractivity contribution in [1.29, 1.82) is 0 Å². The zero-order valence-corrected chi connectivity index (χ0v) is 11.6. The SMILES string of the molecule is C.C.NCC1(F)CCOCC1.[N-]=[N+]=NCC1(F)CCOCC1. The maximum atomic E-state index is 13.4. The van der Waals surface area contributed by atoms with Crippen LogP contribution in [0.15, 0.2) is 5.11 Å². The van der Waals surface area contributed by atoms with Crippen LogP contribution in [0.3, 0.4) is 0 Å². The quantitative estimate of drug-likeness (QED) is 0.488. The number of rotatable bonds is 3. The third-order valence-corrected chi connectivity index (χ3v) is 3.56. The Hall–Kier alpha value is -0.950. The summed E-state index contributed by atoms with van der Waals surface area (Å²) in [6.07, 6.45) is 1.60. The van der Waals surface area contributed by atoms with Gasteiger partial charge < -0.3 is 15.2 Å². The normalized spacial score (nSPS) is 21.8. The minimum Gasteiger partial charge on any atom is -0.381 e. The number of hydrogen-bond donors (Lipinski definition) is 1. The van der Waals surface area contributed by atoms with Crippen LogP contribution in [-0.4, -0.2) is 50.9 Å². The summed E-state index contributed by atoms with van der Waals surface area (Å²) in [4.78, 5) is 2.52. The summed E-state index contributed by atoms with van der Waals surface area (Å²) < 4.78 is 36.5. The average Bonchev–Trinajstić information content (AvgIpc) is 2.48. The van der Waals surface area contributed by atoms with Crippen LogP contribution < -0.4 is 5.73 Å². The van der Waals surface area contributed by atoms with Crippen LogP contribution in [0.2, 0.25) is 0 Å². The topological polar surface area (TPSA) is 93.2 Å². The van der Waals surface area contributed by atoms with Gasteiger partial charge in [-0.2, -0.15) is 0 Å². The van der Waals surface area contributed by atoms with Gasteiger partial charge in [0.1, 0.15) is 11.3 Å². The van der Waals surface area contributed by atoms with Gasteiger partial charge in [0.2, 0.25) is 0 Å². The van der Waals surface area contributed by atoms with Crippen molar-refractivity contribution in [3.05, 3.63) is 10.4 Å². The molecule has 2 saturated heterocycles. The van der Waals surface area contributed by atoms with Crippen LogP contribution >= 0.6 is 0 Å². The molecular formula is C14H30F2N4O2. The molecule has 2 fully saturated rings. The zero-order chi connectivity index (χ0) is 14.9. The van der Waals surface area contributed by atoms with E-state index in [4.69, 9.17) is 20.7 Å². The van der Waals surface area contributed by atoms with Gasteiger partial charge in [0.05, 0.1) is 6.54 Å². The zero-order valence-electron chi connectivity index (χ0n) is 11.6. The van der Waals surface area contributed by atoms with E-state index in [2.05, 4.69) is 10.0 Å². The molecule has 0 bridgehead atoms. The predicted molar refractivity (Wildman–Crippen MR) is 84.3 cm³/mol. The summed E-state index contributed by atoms with van der Waals surface area (Å²) in [5.74, 6) is 0. The molecule has 0 amide bonds. The molecule has 0 aromatic heterocycles. The van der Waals surface area contributed by atoms with Gasteiger partial charge >= 0.3 is 0 Å². The van der Waals surface area contributed by atoms with Gasteiger partial charge in [0.25, 0.3) is 0 Å². The molecular weight excluding hydrogens is 294 g/mol. The summed E-state index contributed by atoms with van der Waals surface area (Å²) in [6, 6.07) is 0. The lowest BCUT2D eigenvalue weighted by Gasteiger charge is -2.27. The molecule has 132 valence electrons. The van der Waals surface area contributed by atoms with Gasteiger partial charge in [-0.15, -0.1) is 0 Å². The fourth-order valence-corrected chi connectivity index (χ4v) is 2.00. The van der Waals surface area contributed by atoms with Crippen molar-refractivity contribution in [2.45, 2.75) is 51.9 Å². The van der Waals surface area contributed by atoms with Crippen LogP contribution in [0.5, 0.6) is 0 Å². The smallest absolute Gasteiger partial charge is 0.127 e. The molecule has 2 aliphatic rings. The van der Waals surface area contributed by atoms with E-state index in [0.29, 0.717) is 52.1 Å². The number of ether oxygens (including phenoxy) is 2. The van der Waals surface area contributed by atoms with E-state index in [1.165, 1.54) is 0 Å². The molecule has 6 nitrogen and oxygen atoms in total. The second-order valence-corrected chi connectivity index (χ2v) is 5.12. The van der Waals surface area contributed by atoms with Gasteiger partial charge in [-0.25, -0.2) is 8.78 Å². The van der Waals surface area contributed by atoms with Crippen molar-refractivity contribution >= 4 is 0 Å². The highest BCUT2D eigenvalue weighted by Gasteiger charge is 2.31. The highest BCUT2D eigenvalue weighted by Crippen LogP contribution is 2.25. The van der Waals surface area contributed by atoms with Gasteiger partial charge in [-0.3, -0.25) is 0 Å². The second-order valence-electron chi connectivity index (χ2n) is 5.12. The van der Waals surface area contributed by atoms with Crippen LogP contribution in [0, 0.1) is 0 Å². The minimum atomic E-state index is -1.32. The first-order valence-electron chi connectivity index (χ1n) is 6.78. The molecule has 0 aromatic rings. The van der Waals surface area contributed by atoms with Crippen molar-refractivity contribution in [3.8, 4) is 0 Å². The predicted octanol–water partition coefficient (Wildman–Crippen LogP) is 3.55. The maximum absolute atomic E-state index is 13.4. The highest BCUT2D eigenvalue weighted by atomic mass is 19.1. The number of nitrogens with two attached hydrogens (primary N) is 1. The van der Waals surface area contributed by atoms with E-state index < -0.39 is 11.3 Å². The second kappa shape index (κ2) is 11.6. The number of halogens is 2. The van der Waals surface area contributed by atoms with E-state index in [9.17, 15) is 8.78 Å². The van der Waals surface area contributed by atoms with Crippen molar-refractivity contribution in [2.24, 2.45) is 10.8 Å². The molecule has 2 N–H and O–H groups in total. The van der Waals surface area contributed by atoms with E-state index in [1.807, 2.05) is 0 Å². The molecule has 0 aromatic carbocycles. The molecule has 2 rings (SSSR count). The molecule has 0 atom stereocenters. The summed E-state index contributed by atoms with van der Waals surface area (Å²) in [5.41, 5.74) is 10.7. The van der Waals surface area contributed by atoms with Crippen LogP contribution in [-0.2, 0) is 9.47 Å². The summed E-state index contributed by atoms with van der Waals surface area (Å²) in [6.45, 7) is 1.97. The summed E-state index contributed by atoms with van der Waals surface area (Å²) in [7, 11) is 0. The molecule has 0 unspecified atom stereocenters. The Morgan fingerprint density at radius 1 is 0.955 bits per heavy atom. The molecule has 0 saturated carbocycles. The fraction of sp³-hybridized carbons (Fsp3) is 1.00. The molecule has 0 spiro atoms. The van der Waals surface area contributed by atoms with Gasteiger partial charge in [-0.1, -0.05) is 20.0 Å². The number of hydrogen-bond acceptors (Lipinski definition) is 4. The number of nitrogens with zero attached hydrogens (tertiary/aromatic N) is 3.